The van der Waals surface area contributed by atoms with Gasteiger partial charge in [0, 0.05) is 19.1 Å². The van der Waals surface area contributed by atoms with E-state index in [1.165, 1.54) is 0 Å². The number of nitrogens with zero attached hydrogens (tertiary/aromatic N) is 1. The van der Waals surface area contributed by atoms with Crippen molar-refractivity contribution < 1.29 is 9.53 Å². The van der Waals surface area contributed by atoms with Crippen molar-refractivity contribution in [3.05, 3.63) is 0 Å². The molecule has 5 heteroatoms. The molecule has 1 amide bonds. The summed E-state index contributed by atoms with van der Waals surface area (Å²) in [6.45, 7) is 6.63. The monoisotopic (exact) mass is 234 g/mol. The van der Waals surface area contributed by atoms with Crippen LogP contribution in [0, 0.1) is 0 Å². The maximum Gasteiger partial charge on any atom is 0.410 e. The zero-order valence-corrected chi connectivity index (χ0v) is 10.3. The summed E-state index contributed by atoms with van der Waals surface area (Å²) in [7, 11) is 0. The normalized spacial score (nSPS) is 27.7. The Hall–Kier alpha value is -0.480. The van der Waals surface area contributed by atoms with Gasteiger partial charge in [0.05, 0.1) is 5.38 Å². The van der Waals surface area contributed by atoms with Gasteiger partial charge in [-0.1, -0.05) is 0 Å². The van der Waals surface area contributed by atoms with Crippen molar-refractivity contribution >= 4 is 17.7 Å². The molecule has 0 spiro atoms. The van der Waals surface area contributed by atoms with Crippen molar-refractivity contribution in [2.45, 2.75) is 44.2 Å². The molecule has 0 aromatic rings. The van der Waals surface area contributed by atoms with Gasteiger partial charge in [0.1, 0.15) is 5.60 Å². The van der Waals surface area contributed by atoms with Gasteiger partial charge in [-0.25, -0.2) is 4.79 Å². The molecule has 2 atom stereocenters. The topological polar surface area (TPSA) is 55.6 Å². The van der Waals surface area contributed by atoms with Crippen LogP contribution in [-0.4, -0.2) is 41.1 Å². The molecule has 0 radical (unpaired) electrons. The Morgan fingerprint density at radius 1 is 1.53 bits per heavy atom. The number of carbonyl (C=O) groups is 1. The van der Waals surface area contributed by atoms with Crippen molar-refractivity contribution in [3.8, 4) is 0 Å². The fourth-order valence-corrected chi connectivity index (χ4v) is 1.71. The van der Waals surface area contributed by atoms with Crippen LogP contribution in [0.3, 0.4) is 0 Å². The van der Waals surface area contributed by atoms with E-state index in [1.807, 2.05) is 20.8 Å². The van der Waals surface area contributed by atoms with Crippen LogP contribution in [0.1, 0.15) is 27.2 Å². The van der Waals surface area contributed by atoms with E-state index < -0.39 is 5.60 Å². The van der Waals surface area contributed by atoms with Gasteiger partial charge in [-0.3, -0.25) is 0 Å². The predicted octanol–water partition coefficient (Wildman–Crippen LogP) is 1.56. The highest BCUT2D eigenvalue weighted by Gasteiger charge is 2.30. The smallest absolute Gasteiger partial charge is 0.410 e. The summed E-state index contributed by atoms with van der Waals surface area (Å²) in [6, 6.07) is -0.0228. The van der Waals surface area contributed by atoms with E-state index in [1.54, 1.807) is 4.90 Å². The number of halogens is 1. The number of alkyl halides is 1. The molecule has 1 saturated heterocycles. The minimum atomic E-state index is -0.460. The number of amides is 1. The maximum atomic E-state index is 11.7. The molecule has 0 bridgehead atoms. The highest BCUT2D eigenvalue weighted by molar-refractivity contribution is 6.21. The van der Waals surface area contributed by atoms with Crippen LogP contribution in [0.25, 0.3) is 0 Å². The lowest BCUT2D eigenvalue weighted by Crippen LogP contribution is -2.51. The highest BCUT2D eigenvalue weighted by Crippen LogP contribution is 2.17. The number of rotatable bonds is 0. The molecule has 0 aliphatic carbocycles. The van der Waals surface area contributed by atoms with E-state index in [-0.39, 0.29) is 17.5 Å². The molecule has 2 N–H and O–H groups in total. The molecule has 1 aliphatic heterocycles. The average Bonchev–Trinajstić information content (AvgIpc) is 2.06. The van der Waals surface area contributed by atoms with Gasteiger partial charge in [-0.15, -0.1) is 11.6 Å². The number of ether oxygens (including phenoxy) is 1. The van der Waals surface area contributed by atoms with Crippen LogP contribution in [0.2, 0.25) is 0 Å². The lowest BCUT2D eigenvalue weighted by atomic mass is 10.1. The zero-order chi connectivity index (χ0) is 11.6. The van der Waals surface area contributed by atoms with Gasteiger partial charge < -0.3 is 15.4 Å². The third kappa shape index (κ3) is 3.87. The second-order valence-corrected chi connectivity index (χ2v) is 5.46. The van der Waals surface area contributed by atoms with E-state index in [2.05, 4.69) is 0 Å². The van der Waals surface area contributed by atoms with Crippen molar-refractivity contribution in [1.82, 2.24) is 4.90 Å². The third-order valence-corrected chi connectivity index (χ3v) is 2.71. The van der Waals surface area contributed by atoms with E-state index in [9.17, 15) is 4.79 Å². The first-order chi connectivity index (χ1) is 6.79. The van der Waals surface area contributed by atoms with Crippen LogP contribution in [0.4, 0.5) is 4.79 Å². The largest absolute Gasteiger partial charge is 0.444 e. The number of hydrogen-bond acceptors (Lipinski definition) is 3. The second-order valence-electron chi connectivity index (χ2n) is 4.89. The molecule has 88 valence electrons. The van der Waals surface area contributed by atoms with Crippen molar-refractivity contribution in [1.29, 1.82) is 0 Å². The molecule has 0 aromatic carbocycles. The Morgan fingerprint density at radius 3 is 2.60 bits per heavy atom. The van der Waals surface area contributed by atoms with Crippen LogP contribution in [0.15, 0.2) is 0 Å². The summed E-state index contributed by atoms with van der Waals surface area (Å²) in [4.78, 5) is 13.3. The van der Waals surface area contributed by atoms with Crippen molar-refractivity contribution in [3.63, 3.8) is 0 Å². The third-order valence-electron chi connectivity index (χ3n) is 2.24. The first-order valence-electron chi connectivity index (χ1n) is 5.17. The second kappa shape index (κ2) is 4.58. The molecule has 0 unspecified atom stereocenters. The molecule has 0 saturated carbocycles. The first kappa shape index (κ1) is 12.6. The fraction of sp³-hybridized carbons (Fsp3) is 0.900. The fourth-order valence-electron chi connectivity index (χ4n) is 1.42. The Labute approximate surface area is 95.7 Å². The van der Waals surface area contributed by atoms with E-state index >= 15 is 0 Å². The first-order valence-corrected chi connectivity index (χ1v) is 5.61. The minimum absolute atomic E-state index is 0.0228. The average molecular weight is 235 g/mol. The molecule has 1 rings (SSSR count). The highest BCUT2D eigenvalue weighted by atomic mass is 35.5. The SMILES string of the molecule is CC(C)(C)OC(=O)N1CC[C@H](N)[C@H](Cl)C1. The maximum absolute atomic E-state index is 11.7. The molecule has 15 heavy (non-hydrogen) atoms. The van der Waals surface area contributed by atoms with Crippen LogP contribution in [0.5, 0.6) is 0 Å². The van der Waals surface area contributed by atoms with E-state index in [0.717, 1.165) is 6.42 Å². The van der Waals surface area contributed by atoms with Gasteiger partial charge in [0.25, 0.3) is 0 Å². The predicted molar refractivity (Wildman–Crippen MR) is 60.0 cm³/mol. The van der Waals surface area contributed by atoms with E-state index in [0.29, 0.717) is 13.1 Å². The molecule has 1 aliphatic rings. The molecular weight excluding hydrogens is 216 g/mol. The van der Waals surface area contributed by atoms with Crippen molar-refractivity contribution in [2.75, 3.05) is 13.1 Å². The van der Waals surface area contributed by atoms with Gasteiger partial charge in [-0.2, -0.15) is 0 Å². The van der Waals surface area contributed by atoms with Crippen LogP contribution in [-0.2, 0) is 4.74 Å². The number of hydrogen-bond donors (Lipinski definition) is 1. The number of nitrogens with two attached hydrogens (primary N) is 1. The summed E-state index contributed by atoms with van der Waals surface area (Å²) in [5.41, 5.74) is 5.30. The van der Waals surface area contributed by atoms with Gasteiger partial charge in [0.15, 0.2) is 0 Å². The standard InChI is InChI=1S/C10H19ClN2O2/c1-10(2,3)15-9(14)13-5-4-8(12)7(11)6-13/h7-8H,4-6,12H2,1-3H3/t7-,8+/m1/s1. The Bertz CT molecular complexity index is 240. The lowest BCUT2D eigenvalue weighted by Gasteiger charge is -2.34. The molecule has 1 heterocycles. The molecular formula is C10H19ClN2O2. The molecule has 0 aromatic heterocycles. The lowest BCUT2D eigenvalue weighted by molar-refractivity contribution is 0.0210. The zero-order valence-electron chi connectivity index (χ0n) is 9.50. The summed E-state index contributed by atoms with van der Waals surface area (Å²) < 4.78 is 5.25. The number of likely N-dealkylation sites (tertiary alicyclic amines) is 1. The Balaban J connectivity index is 2.48. The van der Waals surface area contributed by atoms with E-state index in [4.69, 9.17) is 22.1 Å². The van der Waals surface area contributed by atoms with Crippen LogP contribution < -0.4 is 5.73 Å². The summed E-state index contributed by atoms with van der Waals surface area (Å²) in [5, 5.41) is -0.175. The summed E-state index contributed by atoms with van der Waals surface area (Å²) in [6.07, 6.45) is 0.424. The van der Waals surface area contributed by atoms with Crippen molar-refractivity contribution in [2.24, 2.45) is 5.73 Å². The quantitative estimate of drug-likeness (QED) is 0.648. The van der Waals surface area contributed by atoms with Gasteiger partial charge >= 0.3 is 6.09 Å². The van der Waals surface area contributed by atoms with Crippen LogP contribution >= 0.6 is 11.6 Å². The molecule has 1 fully saturated rings. The summed E-state index contributed by atoms with van der Waals surface area (Å²) in [5.74, 6) is 0. The molecule has 4 nitrogen and oxygen atoms in total. The number of carbonyl (C=O) groups excluding carboxylic acids is 1. The van der Waals surface area contributed by atoms with Gasteiger partial charge in [-0.05, 0) is 27.2 Å². The van der Waals surface area contributed by atoms with Gasteiger partial charge in [0.2, 0.25) is 0 Å². The number of piperidine rings is 1. The summed E-state index contributed by atoms with van der Waals surface area (Å²) >= 11 is 6.00. The Kier molecular flexibility index (Phi) is 3.84. The Morgan fingerprint density at radius 2 is 2.13 bits per heavy atom. The minimum Gasteiger partial charge on any atom is -0.444 e.